The number of thioether (sulfide) groups is 1. The van der Waals surface area contributed by atoms with Gasteiger partial charge < -0.3 is 19.5 Å². The van der Waals surface area contributed by atoms with Gasteiger partial charge in [0.15, 0.2) is 5.17 Å². The molecule has 0 aliphatic carbocycles. The number of aliphatic carboxylic acids is 1. The fraction of sp³-hybridized carbons (Fsp3) is 0.316. The lowest BCUT2D eigenvalue weighted by atomic mass is 9.93. The number of carbonyl (C=O) groups is 2. The molecule has 27 heavy (non-hydrogen) atoms. The minimum Gasteiger partial charge on any atom is -0.497 e. The van der Waals surface area contributed by atoms with Crippen LogP contribution >= 0.6 is 11.8 Å². The number of nitrogens with zero attached hydrogens (tertiary/aromatic N) is 2. The SMILES string of the molecule is CCC1=C(C(=O)OC)C(c2ccc(OC)cc2)N2C(CC(=O)O)=CSC2=N1. The number of carboxylic acids is 1. The standard InChI is InChI=1S/C19H20N2O5S/c1-4-14-16(18(24)26-3)17(11-5-7-13(25-2)8-6-11)21-12(9-15(22)23)10-27-19(21)20-14/h5-8,10,17H,4,9H2,1-3H3,(H,22,23). The Hall–Kier alpha value is -2.74. The summed E-state index contributed by atoms with van der Waals surface area (Å²) in [4.78, 5) is 30.3. The average Bonchev–Trinajstić information content (AvgIpc) is 3.07. The number of rotatable bonds is 6. The Balaban J connectivity index is 2.15. The summed E-state index contributed by atoms with van der Waals surface area (Å²) in [7, 11) is 2.92. The van der Waals surface area contributed by atoms with E-state index in [-0.39, 0.29) is 6.42 Å². The van der Waals surface area contributed by atoms with Crippen LogP contribution in [0.3, 0.4) is 0 Å². The van der Waals surface area contributed by atoms with Gasteiger partial charge >= 0.3 is 11.9 Å². The molecular weight excluding hydrogens is 368 g/mol. The summed E-state index contributed by atoms with van der Waals surface area (Å²) in [6.07, 6.45) is 0.401. The molecule has 0 aromatic heterocycles. The average molecular weight is 388 g/mol. The van der Waals surface area contributed by atoms with Crippen molar-refractivity contribution >= 4 is 28.9 Å². The Morgan fingerprint density at radius 1 is 1.26 bits per heavy atom. The van der Waals surface area contributed by atoms with Crippen molar-refractivity contribution in [2.45, 2.75) is 25.8 Å². The van der Waals surface area contributed by atoms with Crippen molar-refractivity contribution in [1.82, 2.24) is 4.90 Å². The van der Waals surface area contributed by atoms with Crippen LogP contribution in [-0.4, -0.2) is 41.3 Å². The van der Waals surface area contributed by atoms with Gasteiger partial charge in [-0.05, 0) is 29.5 Å². The summed E-state index contributed by atoms with van der Waals surface area (Å²) < 4.78 is 10.2. The highest BCUT2D eigenvalue weighted by molar-refractivity contribution is 8.16. The van der Waals surface area contributed by atoms with Crippen LogP contribution in [0.25, 0.3) is 0 Å². The van der Waals surface area contributed by atoms with Gasteiger partial charge in [0.05, 0.1) is 38.0 Å². The van der Waals surface area contributed by atoms with Crippen molar-refractivity contribution in [2.24, 2.45) is 4.99 Å². The van der Waals surface area contributed by atoms with Crippen molar-refractivity contribution in [1.29, 1.82) is 0 Å². The van der Waals surface area contributed by atoms with E-state index < -0.39 is 18.0 Å². The fourth-order valence-corrected chi connectivity index (χ4v) is 4.11. The van der Waals surface area contributed by atoms with Crippen molar-refractivity contribution in [3.8, 4) is 5.75 Å². The molecule has 0 saturated carbocycles. The van der Waals surface area contributed by atoms with Crippen LogP contribution in [0.2, 0.25) is 0 Å². The van der Waals surface area contributed by atoms with E-state index >= 15 is 0 Å². The summed E-state index contributed by atoms with van der Waals surface area (Å²) in [5, 5.41) is 11.7. The first kappa shape index (κ1) is 19.0. The molecule has 0 radical (unpaired) electrons. The highest BCUT2D eigenvalue weighted by atomic mass is 32.2. The van der Waals surface area contributed by atoms with Crippen molar-refractivity contribution in [3.05, 3.63) is 52.2 Å². The van der Waals surface area contributed by atoms with Crippen LogP contribution < -0.4 is 4.74 Å². The van der Waals surface area contributed by atoms with Gasteiger partial charge in [0.25, 0.3) is 0 Å². The van der Waals surface area contributed by atoms with Crippen LogP contribution in [0.1, 0.15) is 31.4 Å². The normalized spacial score (nSPS) is 18.6. The molecule has 1 unspecified atom stereocenters. The molecule has 2 aliphatic rings. The quantitative estimate of drug-likeness (QED) is 0.748. The minimum atomic E-state index is -0.943. The molecule has 3 rings (SSSR count). The zero-order valence-electron chi connectivity index (χ0n) is 15.3. The second-order valence-electron chi connectivity index (χ2n) is 5.94. The van der Waals surface area contributed by atoms with Gasteiger partial charge in [-0.25, -0.2) is 9.79 Å². The van der Waals surface area contributed by atoms with Crippen molar-refractivity contribution < 1.29 is 24.2 Å². The van der Waals surface area contributed by atoms with Crippen LogP contribution in [0, 0.1) is 0 Å². The van der Waals surface area contributed by atoms with Gasteiger partial charge in [0, 0.05) is 5.70 Å². The van der Waals surface area contributed by atoms with Crippen molar-refractivity contribution in [3.63, 3.8) is 0 Å². The zero-order chi connectivity index (χ0) is 19.6. The molecule has 0 bridgehead atoms. The number of fused-ring (bicyclic) bond motifs is 1. The maximum atomic E-state index is 12.6. The smallest absolute Gasteiger partial charge is 0.338 e. The fourth-order valence-electron chi connectivity index (χ4n) is 3.17. The number of hydrogen-bond acceptors (Lipinski definition) is 7. The molecule has 0 amide bonds. The molecule has 1 atom stereocenters. The summed E-state index contributed by atoms with van der Waals surface area (Å²) in [6, 6.07) is 6.84. The Morgan fingerprint density at radius 2 is 1.96 bits per heavy atom. The molecule has 7 nitrogen and oxygen atoms in total. The van der Waals surface area contributed by atoms with Crippen LogP contribution in [0.5, 0.6) is 5.75 Å². The molecule has 0 saturated heterocycles. The van der Waals surface area contributed by atoms with E-state index in [1.54, 1.807) is 12.5 Å². The monoisotopic (exact) mass is 388 g/mol. The Kier molecular flexibility index (Phi) is 5.55. The topological polar surface area (TPSA) is 88.4 Å². The molecule has 1 aromatic rings. The number of carboxylic acid groups (broad SMARTS) is 1. The van der Waals surface area contributed by atoms with E-state index in [1.165, 1.54) is 18.9 Å². The van der Waals surface area contributed by atoms with Gasteiger partial charge in [-0.3, -0.25) is 4.79 Å². The third kappa shape index (κ3) is 3.57. The number of ether oxygens (including phenoxy) is 2. The van der Waals surface area contributed by atoms with E-state index in [1.807, 2.05) is 36.1 Å². The van der Waals surface area contributed by atoms with Gasteiger partial charge in [0.1, 0.15) is 5.75 Å². The van der Waals surface area contributed by atoms with Gasteiger partial charge in [-0.15, -0.1) is 0 Å². The lowest BCUT2D eigenvalue weighted by Crippen LogP contribution is -2.37. The number of esters is 1. The third-order valence-corrected chi connectivity index (χ3v) is 5.28. The number of amidine groups is 1. The van der Waals surface area contributed by atoms with Gasteiger partial charge in [0.2, 0.25) is 0 Å². The Bertz CT molecular complexity index is 857. The Labute approximate surface area is 161 Å². The Morgan fingerprint density at radius 3 is 2.52 bits per heavy atom. The van der Waals surface area contributed by atoms with E-state index in [2.05, 4.69) is 4.99 Å². The van der Waals surface area contributed by atoms with E-state index in [4.69, 9.17) is 9.47 Å². The van der Waals surface area contributed by atoms with E-state index in [9.17, 15) is 14.7 Å². The number of carbonyl (C=O) groups excluding carboxylic acids is 1. The second kappa shape index (κ2) is 7.87. The lowest BCUT2D eigenvalue weighted by Gasteiger charge is -2.36. The second-order valence-corrected chi connectivity index (χ2v) is 6.78. The summed E-state index contributed by atoms with van der Waals surface area (Å²) in [5.41, 5.74) is 2.48. The number of benzene rings is 1. The van der Waals surface area contributed by atoms with Crippen LogP contribution in [-0.2, 0) is 14.3 Å². The maximum Gasteiger partial charge on any atom is 0.338 e. The summed E-state index contributed by atoms with van der Waals surface area (Å²) in [6.45, 7) is 1.92. The van der Waals surface area contributed by atoms with Crippen molar-refractivity contribution in [2.75, 3.05) is 14.2 Å². The molecule has 1 aromatic carbocycles. The molecule has 0 fully saturated rings. The molecule has 2 heterocycles. The predicted molar refractivity (Wildman–Crippen MR) is 102 cm³/mol. The molecule has 2 aliphatic heterocycles. The number of hydrogen-bond donors (Lipinski definition) is 1. The molecular formula is C19H20N2O5S. The zero-order valence-corrected chi connectivity index (χ0v) is 16.1. The summed E-state index contributed by atoms with van der Waals surface area (Å²) >= 11 is 1.36. The van der Waals surface area contributed by atoms with Gasteiger partial charge in [-0.2, -0.15) is 0 Å². The molecule has 0 spiro atoms. The number of methoxy groups -OCH3 is 2. The third-order valence-electron chi connectivity index (χ3n) is 4.39. The van der Waals surface area contributed by atoms with E-state index in [0.29, 0.717) is 34.3 Å². The molecule has 1 N–H and O–H groups in total. The largest absolute Gasteiger partial charge is 0.497 e. The van der Waals surface area contributed by atoms with Crippen LogP contribution in [0.15, 0.2) is 51.6 Å². The first-order valence-corrected chi connectivity index (χ1v) is 9.28. The highest BCUT2D eigenvalue weighted by Crippen LogP contribution is 2.45. The maximum absolute atomic E-state index is 12.6. The molecule has 142 valence electrons. The number of allylic oxidation sites excluding steroid dienone is 1. The highest BCUT2D eigenvalue weighted by Gasteiger charge is 2.41. The minimum absolute atomic E-state index is 0.158. The molecule has 8 heteroatoms. The lowest BCUT2D eigenvalue weighted by molar-refractivity contribution is -0.137. The first-order chi connectivity index (χ1) is 13.0. The number of aliphatic imine (C=N–C) groups is 1. The van der Waals surface area contributed by atoms with Crippen LogP contribution in [0.4, 0.5) is 0 Å². The first-order valence-electron chi connectivity index (χ1n) is 8.40. The summed E-state index contributed by atoms with van der Waals surface area (Å²) in [5.74, 6) is -0.719. The van der Waals surface area contributed by atoms with Gasteiger partial charge in [-0.1, -0.05) is 30.8 Å². The predicted octanol–water partition coefficient (Wildman–Crippen LogP) is 3.31. The van der Waals surface area contributed by atoms with E-state index in [0.717, 1.165) is 5.56 Å².